The molecular formula is C22H24F2N6OS. The number of amides is 2. The Morgan fingerprint density at radius 2 is 1.78 bits per heavy atom. The van der Waals surface area contributed by atoms with Crippen molar-refractivity contribution < 1.29 is 13.6 Å². The normalized spacial score (nSPS) is 14.4. The first kappa shape index (κ1) is 22.1. The van der Waals surface area contributed by atoms with Crippen LogP contribution in [0.5, 0.6) is 0 Å². The molecule has 0 bridgehead atoms. The number of nitrogens with one attached hydrogen (secondary N) is 2. The molecule has 2 heterocycles. The van der Waals surface area contributed by atoms with E-state index in [4.69, 9.17) is 0 Å². The van der Waals surface area contributed by atoms with Crippen LogP contribution in [0.3, 0.4) is 0 Å². The van der Waals surface area contributed by atoms with Gasteiger partial charge in [0.15, 0.2) is 0 Å². The Morgan fingerprint density at radius 3 is 2.53 bits per heavy atom. The van der Waals surface area contributed by atoms with Crippen molar-refractivity contribution in [2.24, 2.45) is 0 Å². The molecule has 2 amide bonds. The maximum Gasteiger partial charge on any atom is 0.319 e. The van der Waals surface area contributed by atoms with Gasteiger partial charge in [-0.15, -0.1) is 0 Å². The second-order valence-electron chi connectivity index (χ2n) is 7.49. The van der Waals surface area contributed by atoms with E-state index in [0.29, 0.717) is 19.5 Å². The Labute approximate surface area is 189 Å². The Bertz CT molecular complexity index is 1040. The van der Waals surface area contributed by atoms with Gasteiger partial charge in [-0.25, -0.2) is 18.6 Å². The molecule has 2 aromatic carbocycles. The average molecular weight is 459 g/mol. The topological polar surface area (TPSA) is 73.4 Å². The largest absolute Gasteiger partial charge is 0.344 e. The lowest BCUT2D eigenvalue weighted by atomic mass is 10.1. The summed E-state index contributed by atoms with van der Waals surface area (Å²) in [5, 5.41) is 6.17. The first-order valence-electron chi connectivity index (χ1n) is 10.4. The second-order valence-corrected chi connectivity index (χ2v) is 8.22. The highest BCUT2D eigenvalue weighted by Crippen LogP contribution is 2.20. The number of urea groups is 1. The zero-order valence-corrected chi connectivity index (χ0v) is 18.2. The number of nitrogens with zero attached hydrogens (tertiary/aromatic N) is 4. The van der Waals surface area contributed by atoms with Gasteiger partial charge in [-0.2, -0.15) is 4.37 Å². The molecule has 1 aromatic heterocycles. The SMILES string of the molecule is O=C(NCCN1CCN(c2nc(Cc3ccc(F)cc3)ns2)CC1)Nc1ccccc1F. The molecule has 2 N–H and O–H groups in total. The maximum absolute atomic E-state index is 13.6. The minimum absolute atomic E-state index is 0.162. The Kier molecular flexibility index (Phi) is 7.23. The number of carbonyl (C=O) groups excluding carboxylic acids is 1. The molecular weight excluding hydrogens is 434 g/mol. The highest BCUT2D eigenvalue weighted by atomic mass is 32.1. The molecule has 0 saturated carbocycles. The van der Waals surface area contributed by atoms with Crippen LogP contribution in [0.15, 0.2) is 48.5 Å². The molecule has 0 aliphatic carbocycles. The van der Waals surface area contributed by atoms with E-state index in [9.17, 15) is 13.6 Å². The van der Waals surface area contributed by atoms with Gasteiger partial charge in [0.1, 0.15) is 17.5 Å². The second kappa shape index (κ2) is 10.5. The first-order valence-corrected chi connectivity index (χ1v) is 11.2. The summed E-state index contributed by atoms with van der Waals surface area (Å²) in [6, 6.07) is 12.0. The van der Waals surface area contributed by atoms with Crippen LogP contribution in [-0.4, -0.2) is 59.6 Å². The Balaban J connectivity index is 1.18. The number of benzene rings is 2. The molecule has 0 unspecified atom stereocenters. The van der Waals surface area contributed by atoms with Crippen LogP contribution < -0.4 is 15.5 Å². The lowest BCUT2D eigenvalue weighted by Gasteiger charge is -2.34. The molecule has 1 aliphatic rings. The zero-order valence-electron chi connectivity index (χ0n) is 17.4. The van der Waals surface area contributed by atoms with Crippen molar-refractivity contribution in [3.05, 3.63) is 71.6 Å². The number of para-hydroxylation sites is 1. The van der Waals surface area contributed by atoms with Crippen molar-refractivity contribution in [2.45, 2.75) is 6.42 Å². The monoisotopic (exact) mass is 458 g/mol. The van der Waals surface area contributed by atoms with Gasteiger partial charge >= 0.3 is 6.03 Å². The van der Waals surface area contributed by atoms with Crippen LogP contribution in [0, 0.1) is 11.6 Å². The van der Waals surface area contributed by atoms with Crippen molar-refractivity contribution in [2.75, 3.05) is 49.5 Å². The number of anilines is 2. The average Bonchev–Trinajstić information content (AvgIpc) is 3.26. The third kappa shape index (κ3) is 5.98. The molecule has 168 valence electrons. The fourth-order valence-corrected chi connectivity index (χ4v) is 4.19. The van der Waals surface area contributed by atoms with Gasteiger partial charge in [0, 0.05) is 57.2 Å². The summed E-state index contributed by atoms with van der Waals surface area (Å²) in [5.41, 5.74) is 1.14. The molecule has 0 atom stereocenters. The van der Waals surface area contributed by atoms with Gasteiger partial charge in [-0.3, -0.25) is 4.90 Å². The Morgan fingerprint density at radius 1 is 1.03 bits per heavy atom. The van der Waals surface area contributed by atoms with Crippen molar-refractivity contribution >= 4 is 28.4 Å². The van der Waals surface area contributed by atoms with Crippen LogP contribution >= 0.6 is 11.5 Å². The summed E-state index contributed by atoms with van der Waals surface area (Å²) >= 11 is 1.38. The quantitative estimate of drug-likeness (QED) is 0.568. The fraction of sp³-hybridized carbons (Fsp3) is 0.318. The maximum atomic E-state index is 13.6. The predicted octanol–water partition coefficient (Wildman–Crippen LogP) is 3.35. The zero-order chi connectivity index (χ0) is 22.3. The first-order chi connectivity index (χ1) is 15.6. The van der Waals surface area contributed by atoms with Crippen LogP contribution in [0.4, 0.5) is 24.4 Å². The molecule has 0 radical (unpaired) electrons. The summed E-state index contributed by atoms with van der Waals surface area (Å²) < 4.78 is 31.1. The van der Waals surface area contributed by atoms with Crippen LogP contribution in [0.25, 0.3) is 0 Å². The molecule has 4 rings (SSSR count). The number of hydrogen-bond acceptors (Lipinski definition) is 6. The number of halogens is 2. The minimum Gasteiger partial charge on any atom is -0.344 e. The van der Waals surface area contributed by atoms with Crippen LogP contribution in [0.2, 0.25) is 0 Å². The molecule has 1 aliphatic heterocycles. The van der Waals surface area contributed by atoms with Crippen molar-refractivity contribution in [3.8, 4) is 0 Å². The van der Waals surface area contributed by atoms with E-state index in [1.54, 1.807) is 24.3 Å². The van der Waals surface area contributed by atoms with E-state index < -0.39 is 11.8 Å². The van der Waals surface area contributed by atoms with Crippen LogP contribution in [0.1, 0.15) is 11.4 Å². The molecule has 10 heteroatoms. The van der Waals surface area contributed by atoms with Crippen molar-refractivity contribution in [1.29, 1.82) is 0 Å². The molecule has 1 fully saturated rings. The van der Waals surface area contributed by atoms with Crippen molar-refractivity contribution in [3.63, 3.8) is 0 Å². The van der Waals surface area contributed by atoms with E-state index in [1.165, 1.54) is 35.8 Å². The minimum atomic E-state index is -0.462. The smallest absolute Gasteiger partial charge is 0.319 e. The number of carbonyl (C=O) groups is 1. The number of hydrogen-bond donors (Lipinski definition) is 2. The van der Waals surface area contributed by atoms with Gasteiger partial charge in [0.25, 0.3) is 0 Å². The number of rotatable bonds is 7. The van der Waals surface area contributed by atoms with Crippen LogP contribution in [-0.2, 0) is 6.42 Å². The third-order valence-corrected chi connectivity index (χ3v) is 6.03. The van der Waals surface area contributed by atoms with E-state index in [2.05, 4.69) is 29.8 Å². The molecule has 3 aromatic rings. The summed E-state index contributed by atoms with van der Waals surface area (Å²) in [5.74, 6) is 0.0276. The highest BCUT2D eigenvalue weighted by molar-refractivity contribution is 7.09. The van der Waals surface area contributed by atoms with Gasteiger partial charge in [0.2, 0.25) is 5.13 Å². The van der Waals surface area contributed by atoms with Gasteiger partial charge < -0.3 is 15.5 Å². The van der Waals surface area contributed by atoms with Gasteiger partial charge in [0.05, 0.1) is 5.69 Å². The molecule has 0 spiro atoms. The lowest BCUT2D eigenvalue weighted by Crippen LogP contribution is -2.48. The Hall–Kier alpha value is -3.11. The van der Waals surface area contributed by atoms with E-state index in [1.807, 2.05) is 0 Å². The van der Waals surface area contributed by atoms with E-state index in [0.717, 1.165) is 42.7 Å². The molecule has 7 nitrogen and oxygen atoms in total. The predicted molar refractivity (Wildman–Crippen MR) is 121 cm³/mol. The number of piperazine rings is 1. The van der Waals surface area contributed by atoms with E-state index >= 15 is 0 Å². The standard InChI is InChI=1S/C22H24F2N6OS/c23-17-7-5-16(6-8-17)15-20-27-22(32-28-20)30-13-11-29(12-14-30)10-9-25-21(31)26-19-4-2-1-3-18(19)24/h1-8H,9-15H2,(H2,25,26,31). The molecule has 32 heavy (non-hydrogen) atoms. The van der Waals surface area contributed by atoms with Crippen molar-refractivity contribution in [1.82, 2.24) is 19.6 Å². The summed E-state index contributed by atoms with van der Waals surface area (Å²) in [7, 11) is 0. The van der Waals surface area contributed by atoms with E-state index in [-0.39, 0.29) is 11.5 Å². The lowest BCUT2D eigenvalue weighted by molar-refractivity contribution is 0.240. The summed E-state index contributed by atoms with van der Waals surface area (Å²) in [6.07, 6.45) is 0.581. The molecule has 1 saturated heterocycles. The highest BCUT2D eigenvalue weighted by Gasteiger charge is 2.20. The van der Waals surface area contributed by atoms with Gasteiger partial charge in [-0.1, -0.05) is 24.3 Å². The fourth-order valence-electron chi connectivity index (χ4n) is 3.45. The third-order valence-electron chi connectivity index (χ3n) is 5.21. The number of aromatic nitrogens is 2. The summed E-state index contributed by atoms with van der Waals surface area (Å²) in [6.45, 7) is 4.54. The summed E-state index contributed by atoms with van der Waals surface area (Å²) in [4.78, 5) is 21.1. The van der Waals surface area contributed by atoms with Gasteiger partial charge in [-0.05, 0) is 29.8 Å².